The van der Waals surface area contributed by atoms with Crippen molar-refractivity contribution in [2.45, 2.75) is 25.7 Å². The van der Waals surface area contributed by atoms with E-state index in [1.54, 1.807) is 12.1 Å². The first kappa shape index (κ1) is 20.1. The van der Waals surface area contributed by atoms with Gasteiger partial charge in [-0.15, -0.1) is 12.4 Å². The minimum atomic E-state index is -0.734. The zero-order valence-electron chi connectivity index (χ0n) is 14.2. The molecule has 1 heterocycles. The summed E-state index contributed by atoms with van der Waals surface area (Å²) in [5, 5.41) is 23.1. The molecule has 1 aliphatic carbocycles. The first-order chi connectivity index (χ1) is 11.9. The molecular weight excluding hydrogens is 362 g/mol. The Morgan fingerprint density at radius 1 is 1.38 bits per heavy atom. The number of amides is 1. The van der Waals surface area contributed by atoms with E-state index in [2.05, 4.69) is 5.32 Å². The maximum absolute atomic E-state index is 12.1. The molecule has 1 aromatic rings. The van der Waals surface area contributed by atoms with Gasteiger partial charge >= 0.3 is 5.97 Å². The van der Waals surface area contributed by atoms with E-state index in [0.29, 0.717) is 26.1 Å². The van der Waals surface area contributed by atoms with Crippen LogP contribution in [0.15, 0.2) is 24.3 Å². The Bertz CT molecular complexity index is 713. The van der Waals surface area contributed by atoms with Gasteiger partial charge in [0.1, 0.15) is 5.69 Å². The quantitative estimate of drug-likeness (QED) is 0.576. The number of fused-ring (bicyclic) bond motifs is 1. The summed E-state index contributed by atoms with van der Waals surface area (Å²) in [6.07, 6.45) is 2.74. The molecule has 2 fully saturated rings. The highest BCUT2D eigenvalue weighted by molar-refractivity contribution is 5.93. The van der Waals surface area contributed by atoms with Crippen molar-refractivity contribution < 1.29 is 19.6 Å². The van der Waals surface area contributed by atoms with Gasteiger partial charge in [-0.05, 0) is 24.8 Å². The SMILES string of the molecule is Cl.O=C(CCN1C[C@@H]2CCC[C@@]2(C(=O)O)C1)Nc1ccccc1[N+](=O)[O-]. The number of carboxylic acids is 1. The molecule has 0 radical (unpaired) electrons. The van der Waals surface area contributed by atoms with Crippen LogP contribution in [-0.2, 0) is 9.59 Å². The lowest BCUT2D eigenvalue weighted by Gasteiger charge is -2.23. The summed E-state index contributed by atoms with van der Waals surface area (Å²) in [5.41, 5.74) is -0.622. The monoisotopic (exact) mass is 383 g/mol. The number of nitrogens with zero attached hydrogens (tertiary/aromatic N) is 2. The number of nitro groups is 1. The molecule has 0 aromatic heterocycles. The molecular formula is C17H22ClN3O5. The van der Waals surface area contributed by atoms with Crippen molar-refractivity contribution in [2.75, 3.05) is 25.0 Å². The number of carboxylic acid groups (broad SMARTS) is 1. The topological polar surface area (TPSA) is 113 Å². The van der Waals surface area contributed by atoms with Crippen LogP contribution in [0.5, 0.6) is 0 Å². The second-order valence-electron chi connectivity index (χ2n) is 6.86. The summed E-state index contributed by atoms with van der Waals surface area (Å²) in [5.74, 6) is -0.888. The van der Waals surface area contributed by atoms with E-state index in [9.17, 15) is 24.8 Å². The number of hydrogen-bond donors (Lipinski definition) is 2. The summed E-state index contributed by atoms with van der Waals surface area (Å²) < 4.78 is 0. The lowest BCUT2D eigenvalue weighted by atomic mass is 9.81. The molecule has 26 heavy (non-hydrogen) atoms. The fourth-order valence-electron chi connectivity index (χ4n) is 4.12. The van der Waals surface area contributed by atoms with Crippen molar-refractivity contribution in [1.29, 1.82) is 0 Å². The highest BCUT2D eigenvalue weighted by Gasteiger charge is 2.54. The Labute approximate surface area is 157 Å². The molecule has 0 spiro atoms. The summed E-state index contributed by atoms with van der Waals surface area (Å²) in [6, 6.07) is 6.01. The first-order valence-corrected chi connectivity index (χ1v) is 8.41. The van der Waals surface area contributed by atoms with E-state index >= 15 is 0 Å². The number of nitrogens with one attached hydrogen (secondary N) is 1. The Morgan fingerprint density at radius 2 is 2.12 bits per heavy atom. The Kier molecular flexibility index (Phi) is 6.20. The number of carbonyl (C=O) groups excluding carboxylic acids is 1. The Balaban J connectivity index is 0.00000243. The van der Waals surface area contributed by atoms with E-state index in [0.717, 1.165) is 12.8 Å². The summed E-state index contributed by atoms with van der Waals surface area (Å²) in [7, 11) is 0. The van der Waals surface area contributed by atoms with E-state index in [-0.39, 0.29) is 42.0 Å². The molecule has 9 heteroatoms. The molecule has 0 unspecified atom stereocenters. The number of para-hydroxylation sites is 2. The van der Waals surface area contributed by atoms with Gasteiger partial charge in [0.15, 0.2) is 0 Å². The second-order valence-corrected chi connectivity index (χ2v) is 6.86. The molecule has 2 atom stereocenters. The number of rotatable bonds is 6. The first-order valence-electron chi connectivity index (χ1n) is 8.41. The standard InChI is InChI=1S/C17H21N3O5.ClH/c21-15(18-13-5-1-2-6-14(13)20(24)25)7-9-19-10-12-4-3-8-17(12,11-19)16(22)23;/h1-2,5-6,12H,3-4,7-11H2,(H,18,21)(H,22,23);1H/t12-,17+;/m0./s1. The van der Waals surface area contributed by atoms with E-state index < -0.39 is 16.3 Å². The van der Waals surface area contributed by atoms with Gasteiger partial charge < -0.3 is 15.3 Å². The summed E-state index contributed by atoms with van der Waals surface area (Å²) in [4.78, 5) is 36.3. The van der Waals surface area contributed by atoms with Crippen molar-refractivity contribution in [3.05, 3.63) is 34.4 Å². The number of carbonyl (C=O) groups is 2. The van der Waals surface area contributed by atoms with Crippen molar-refractivity contribution in [3.63, 3.8) is 0 Å². The third-order valence-electron chi connectivity index (χ3n) is 5.40. The number of anilines is 1. The van der Waals surface area contributed by atoms with Gasteiger partial charge in [-0.25, -0.2) is 0 Å². The summed E-state index contributed by atoms with van der Waals surface area (Å²) >= 11 is 0. The third kappa shape index (κ3) is 3.81. The van der Waals surface area contributed by atoms with E-state index in [1.165, 1.54) is 12.1 Å². The van der Waals surface area contributed by atoms with Gasteiger partial charge in [-0.3, -0.25) is 19.7 Å². The maximum Gasteiger partial charge on any atom is 0.311 e. The molecule has 1 saturated heterocycles. The molecule has 0 bridgehead atoms. The Hall–Kier alpha value is -2.19. The van der Waals surface area contributed by atoms with Gasteiger partial charge in [0, 0.05) is 32.1 Å². The molecule has 1 saturated carbocycles. The second kappa shape index (κ2) is 8.01. The normalized spacial score (nSPS) is 24.5. The molecule has 1 amide bonds. The predicted molar refractivity (Wildman–Crippen MR) is 97.4 cm³/mol. The van der Waals surface area contributed by atoms with Crippen molar-refractivity contribution >= 4 is 35.7 Å². The number of likely N-dealkylation sites (tertiary alicyclic amines) is 1. The third-order valence-corrected chi connectivity index (χ3v) is 5.40. The largest absolute Gasteiger partial charge is 0.481 e. The highest BCUT2D eigenvalue weighted by Crippen LogP contribution is 2.48. The van der Waals surface area contributed by atoms with Crippen LogP contribution in [-0.4, -0.2) is 46.4 Å². The fraction of sp³-hybridized carbons (Fsp3) is 0.529. The van der Waals surface area contributed by atoms with Crippen molar-refractivity contribution in [1.82, 2.24) is 4.90 Å². The Morgan fingerprint density at radius 3 is 2.77 bits per heavy atom. The maximum atomic E-state index is 12.1. The van der Waals surface area contributed by atoms with Crippen LogP contribution in [0, 0.1) is 21.4 Å². The fourth-order valence-corrected chi connectivity index (χ4v) is 4.12. The zero-order chi connectivity index (χ0) is 18.0. The molecule has 1 aromatic carbocycles. The minimum absolute atomic E-state index is 0. The lowest BCUT2D eigenvalue weighted by molar-refractivity contribution is -0.383. The van der Waals surface area contributed by atoms with Gasteiger partial charge in [-0.2, -0.15) is 0 Å². The number of hydrogen-bond acceptors (Lipinski definition) is 5. The molecule has 2 aliphatic rings. The molecule has 3 rings (SSSR count). The van der Waals surface area contributed by atoms with Crippen molar-refractivity contribution in [3.8, 4) is 0 Å². The number of aliphatic carboxylic acids is 1. The smallest absolute Gasteiger partial charge is 0.311 e. The number of benzene rings is 1. The molecule has 8 nitrogen and oxygen atoms in total. The summed E-state index contributed by atoms with van der Waals surface area (Å²) in [6.45, 7) is 1.63. The van der Waals surface area contributed by atoms with Gasteiger partial charge in [0.05, 0.1) is 10.3 Å². The van der Waals surface area contributed by atoms with Crippen LogP contribution >= 0.6 is 12.4 Å². The molecule has 2 N–H and O–H groups in total. The van der Waals surface area contributed by atoms with Crippen LogP contribution < -0.4 is 5.32 Å². The molecule has 1 aliphatic heterocycles. The predicted octanol–water partition coefficient (Wildman–Crippen LogP) is 2.53. The highest BCUT2D eigenvalue weighted by atomic mass is 35.5. The average Bonchev–Trinajstić information content (AvgIpc) is 3.11. The van der Waals surface area contributed by atoms with Gasteiger partial charge in [0.25, 0.3) is 5.69 Å². The van der Waals surface area contributed by atoms with Crippen LogP contribution in [0.3, 0.4) is 0 Å². The van der Waals surface area contributed by atoms with E-state index in [1.807, 2.05) is 4.90 Å². The van der Waals surface area contributed by atoms with Gasteiger partial charge in [0.2, 0.25) is 5.91 Å². The lowest BCUT2D eigenvalue weighted by Crippen LogP contribution is -2.36. The van der Waals surface area contributed by atoms with Crippen LogP contribution in [0.4, 0.5) is 11.4 Å². The zero-order valence-corrected chi connectivity index (χ0v) is 15.0. The van der Waals surface area contributed by atoms with Crippen LogP contribution in [0.2, 0.25) is 0 Å². The van der Waals surface area contributed by atoms with Crippen LogP contribution in [0.25, 0.3) is 0 Å². The van der Waals surface area contributed by atoms with Crippen LogP contribution in [0.1, 0.15) is 25.7 Å². The van der Waals surface area contributed by atoms with E-state index in [4.69, 9.17) is 0 Å². The minimum Gasteiger partial charge on any atom is -0.481 e. The van der Waals surface area contributed by atoms with Crippen molar-refractivity contribution in [2.24, 2.45) is 11.3 Å². The molecule has 142 valence electrons. The van der Waals surface area contributed by atoms with Gasteiger partial charge in [-0.1, -0.05) is 18.6 Å². The number of halogens is 1. The average molecular weight is 384 g/mol. The number of nitro benzene ring substituents is 1.